The lowest BCUT2D eigenvalue weighted by atomic mass is 9.90. The number of hydrogen-bond acceptors (Lipinski definition) is 3. The first-order chi connectivity index (χ1) is 13.5. The summed E-state index contributed by atoms with van der Waals surface area (Å²) in [6.07, 6.45) is 8.18. The Labute approximate surface area is 169 Å². The molecule has 0 radical (unpaired) electrons. The van der Waals surface area contributed by atoms with Gasteiger partial charge in [0.1, 0.15) is 11.6 Å². The van der Waals surface area contributed by atoms with Crippen molar-refractivity contribution in [1.82, 2.24) is 0 Å². The molecule has 0 heterocycles. The van der Waals surface area contributed by atoms with E-state index in [1.165, 1.54) is 37.8 Å². The van der Waals surface area contributed by atoms with Gasteiger partial charge in [-0.05, 0) is 45.2 Å². The molecular formula is C23H38F2O3. The maximum Gasteiger partial charge on any atom is 0.286 e. The molecule has 0 saturated heterocycles. The van der Waals surface area contributed by atoms with Crippen molar-refractivity contribution in [3.05, 3.63) is 35.4 Å². The van der Waals surface area contributed by atoms with Crippen molar-refractivity contribution in [2.75, 3.05) is 19.8 Å². The van der Waals surface area contributed by atoms with Crippen LogP contribution in [0.25, 0.3) is 0 Å². The molecule has 0 N–H and O–H groups in total. The van der Waals surface area contributed by atoms with E-state index in [-0.39, 0.29) is 5.92 Å². The predicted molar refractivity (Wildman–Crippen MR) is 109 cm³/mol. The van der Waals surface area contributed by atoms with Crippen LogP contribution in [-0.4, -0.2) is 25.8 Å². The van der Waals surface area contributed by atoms with Crippen molar-refractivity contribution in [2.24, 2.45) is 5.92 Å². The summed E-state index contributed by atoms with van der Waals surface area (Å²) >= 11 is 0. The maximum absolute atomic E-state index is 14.3. The third kappa shape index (κ3) is 8.14. The number of halogens is 2. The normalized spacial score (nSPS) is 13.1. The second-order valence-corrected chi connectivity index (χ2v) is 7.10. The van der Waals surface area contributed by atoms with E-state index < -0.39 is 17.6 Å². The lowest BCUT2D eigenvalue weighted by Crippen LogP contribution is -2.47. The molecule has 28 heavy (non-hydrogen) atoms. The van der Waals surface area contributed by atoms with Gasteiger partial charge in [-0.1, -0.05) is 51.5 Å². The highest BCUT2D eigenvalue weighted by Gasteiger charge is 2.42. The van der Waals surface area contributed by atoms with Gasteiger partial charge in [-0.2, -0.15) is 0 Å². The molecule has 0 amide bonds. The molecule has 0 spiro atoms. The van der Waals surface area contributed by atoms with E-state index >= 15 is 0 Å². The van der Waals surface area contributed by atoms with Gasteiger partial charge in [0, 0.05) is 31.8 Å². The standard InChI is InChI=1S/C23H38F2O3/c1-5-9-10-11-12-13-14-20(17-19-15-16-21(24)18-22(19)25)23(26-6-2,27-7-3)28-8-4/h15-16,18,20H,5-14,17H2,1-4H3. The van der Waals surface area contributed by atoms with Gasteiger partial charge >= 0.3 is 0 Å². The molecule has 1 aromatic rings. The quantitative estimate of drug-likeness (QED) is 0.230. The van der Waals surface area contributed by atoms with Gasteiger partial charge in [0.15, 0.2) is 0 Å². The van der Waals surface area contributed by atoms with Crippen LogP contribution >= 0.6 is 0 Å². The Kier molecular flexibility index (Phi) is 12.5. The molecule has 1 unspecified atom stereocenters. The molecule has 162 valence electrons. The largest absolute Gasteiger partial charge is 0.328 e. The topological polar surface area (TPSA) is 27.7 Å². The lowest BCUT2D eigenvalue weighted by molar-refractivity contribution is -0.402. The predicted octanol–water partition coefficient (Wildman–Crippen LogP) is 6.64. The van der Waals surface area contributed by atoms with Crippen molar-refractivity contribution in [3.8, 4) is 0 Å². The van der Waals surface area contributed by atoms with E-state index in [1.807, 2.05) is 20.8 Å². The van der Waals surface area contributed by atoms with Crippen molar-refractivity contribution >= 4 is 0 Å². The highest BCUT2D eigenvalue weighted by Crippen LogP contribution is 2.34. The van der Waals surface area contributed by atoms with E-state index in [9.17, 15) is 8.78 Å². The third-order valence-corrected chi connectivity index (χ3v) is 4.92. The zero-order valence-electron chi connectivity index (χ0n) is 18.1. The van der Waals surface area contributed by atoms with Crippen LogP contribution in [0.5, 0.6) is 0 Å². The Balaban J connectivity index is 2.98. The minimum absolute atomic E-state index is 0.182. The van der Waals surface area contributed by atoms with Crippen LogP contribution in [0, 0.1) is 17.6 Å². The molecule has 1 rings (SSSR count). The first kappa shape index (κ1) is 25.0. The van der Waals surface area contributed by atoms with E-state index in [2.05, 4.69) is 6.92 Å². The summed E-state index contributed by atoms with van der Waals surface area (Å²) in [6.45, 7) is 9.18. The Morgan fingerprint density at radius 1 is 0.821 bits per heavy atom. The van der Waals surface area contributed by atoms with Gasteiger partial charge in [0.05, 0.1) is 0 Å². The number of rotatable bonds is 16. The molecule has 0 aliphatic heterocycles. The monoisotopic (exact) mass is 400 g/mol. The molecule has 1 atom stereocenters. The fourth-order valence-electron chi connectivity index (χ4n) is 3.61. The first-order valence-electron chi connectivity index (χ1n) is 10.9. The zero-order valence-corrected chi connectivity index (χ0v) is 18.1. The van der Waals surface area contributed by atoms with E-state index in [1.54, 1.807) is 0 Å². The average molecular weight is 401 g/mol. The Bertz CT molecular complexity index is 520. The van der Waals surface area contributed by atoms with Crippen LogP contribution in [0.4, 0.5) is 8.78 Å². The van der Waals surface area contributed by atoms with Gasteiger partial charge in [0.2, 0.25) is 0 Å². The van der Waals surface area contributed by atoms with Crippen LogP contribution in [0.2, 0.25) is 0 Å². The second-order valence-electron chi connectivity index (χ2n) is 7.10. The third-order valence-electron chi connectivity index (χ3n) is 4.92. The fourth-order valence-corrected chi connectivity index (χ4v) is 3.61. The first-order valence-corrected chi connectivity index (χ1v) is 10.9. The highest BCUT2D eigenvalue weighted by molar-refractivity contribution is 5.19. The van der Waals surface area contributed by atoms with Gasteiger partial charge in [0.25, 0.3) is 5.97 Å². The van der Waals surface area contributed by atoms with Crippen LogP contribution in [0.15, 0.2) is 18.2 Å². The van der Waals surface area contributed by atoms with E-state index in [0.717, 1.165) is 25.3 Å². The van der Waals surface area contributed by atoms with Gasteiger partial charge in [-0.15, -0.1) is 0 Å². The molecular weight excluding hydrogens is 362 g/mol. The molecule has 0 bridgehead atoms. The van der Waals surface area contributed by atoms with Crippen molar-refractivity contribution < 1.29 is 23.0 Å². The summed E-state index contributed by atoms with van der Waals surface area (Å²) in [5.41, 5.74) is 0.459. The van der Waals surface area contributed by atoms with Crippen molar-refractivity contribution in [2.45, 2.75) is 85.0 Å². The van der Waals surface area contributed by atoms with Crippen molar-refractivity contribution in [3.63, 3.8) is 0 Å². The summed E-state index contributed by atoms with van der Waals surface area (Å²) in [5, 5.41) is 0. The number of ether oxygens (including phenoxy) is 3. The molecule has 0 aliphatic rings. The molecule has 0 aliphatic carbocycles. The lowest BCUT2D eigenvalue weighted by Gasteiger charge is -2.39. The van der Waals surface area contributed by atoms with Gasteiger partial charge in [-0.25, -0.2) is 8.78 Å². The zero-order chi connectivity index (χ0) is 20.8. The molecule has 1 aromatic carbocycles. The molecule has 0 saturated carbocycles. The summed E-state index contributed by atoms with van der Waals surface area (Å²) < 4.78 is 45.5. The molecule has 3 nitrogen and oxygen atoms in total. The summed E-state index contributed by atoms with van der Waals surface area (Å²) in [7, 11) is 0. The van der Waals surface area contributed by atoms with Crippen LogP contribution < -0.4 is 0 Å². The number of unbranched alkanes of at least 4 members (excludes halogenated alkanes) is 5. The smallest absolute Gasteiger partial charge is 0.286 e. The van der Waals surface area contributed by atoms with Crippen LogP contribution in [0.1, 0.15) is 78.2 Å². The minimum Gasteiger partial charge on any atom is -0.328 e. The van der Waals surface area contributed by atoms with E-state index in [4.69, 9.17) is 14.2 Å². The highest BCUT2D eigenvalue weighted by atomic mass is 19.1. The second kappa shape index (κ2) is 14.0. The number of hydrogen-bond donors (Lipinski definition) is 0. The molecule has 0 aromatic heterocycles. The van der Waals surface area contributed by atoms with Gasteiger partial charge < -0.3 is 14.2 Å². The Hall–Kier alpha value is -1.04. The van der Waals surface area contributed by atoms with Crippen LogP contribution in [0.3, 0.4) is 0 Å². The Morgan fingerprint density at radius 3 is 1.93 bits per heavy atom. The van der Waals surface area contributed by atoms with Crippen LogP contribution in [-0.2, 0) is 20.6 Å². The van der Waals surface area contributed by atoms with Crippen molar-refractivity contribution in [1.29, 1.82) is 0 Å². The molecule has 0 fully saturated rings. The maximum atomic E-state index is 14.3. The summed E-state index contributed by atoms with van der Waals surface area (Å²) in [4.78, 5) is 0. The molecule has 5 heteroatoms. The Morgan fingerprint density at radius 2 is 1.39 bits per heavy atom. The van der Waals surface area contributed by atoms with E-state index in [0.29, 0.717) is 31.8 Å². The fraction of sp³-hybridized carbons (Fsp3) is 0.739. The van der Waals surface area contributed by atoms with Gasteiger partial charge in [-0.3, -0.25) is 0 Å². The SMILES string of the molecule is CCCCCCCCC(Cc1ccc(F)cc1F)C(OCC)(OCC)OCC. The summed E-state index contributed by atoms with van der Waals surface area (Å²) in [5.74, 6) is -2.49. The minimum atomic E-state index is -1.21. The average Bonchev–Trinajstić information content (AvgIpc) is 2.65. The summed E-state index contributed by atoms with van der Waals surface area (Å²) in [6, 6.07) is 3.73. The number of benzene rings is 1.